The SMILES string of the molecule is CC1CCCCN1C(=O)CSc1nnc(-c2ccc(F)cc2)n1CCN1CCOCC1. The number of aromatic nitrogens is 3. The van der Waals surface area contributed by atoms with Gasteiger partial charge < -0.3 is 14.2 Å². The van der Waals surface area contributed by atoms with Crippen molar-refractivity contribution in [3.05, 3.63) is 30.1 Å². The number of piperidine rings is 1. The van der Waals surface area contributed by atoms with E-state index >= 15 is 0 Å². The van der Waals surface area contributed by atoms with Gasteiger partial charge in [-0.1, -0.05) is 11.8 Å². The Kier molecular flexibility index (Phi) is 7.58. The molecule has 0 spiro atoms. The van der Waals surface area contributed by atoms with Crippen molar-refractivity contribution >= 4 is 17.7 Å². The van der Waals surface area contributed by atoms with Gasteiger partial charge in [0.1, 0.15) is 5.82 Å². The third kappa shape index (κ3) is 5.64. The van der Waals surface area contributed by atoms with Crippen LogP contribution >= 0.6 is 11.8 Å². The molecule has 31 heavy (non-hydrogen) atoms. The lowest BCUT2D eigenvalue weighted by atomic mass is 10.0. The first kappa shape index (κ1) is 22.2. The third-order valence-electron chi connectivity index (χ3n) is 6.01. The minimum Gasteiger partial charge on any atom is -0.379 e. The molecule has 0 radical (unpaired) electrons. The van der Waals surface area contributed by atoms with E-state index in [1.54, 1.807) is 12.1 Å². The summed E-state index contributed by atoms with van der Waals surface area (Å²) in [6.45, 7) is 7.82. The molecule has 2 aromatic rings. The first-order valence-corrected chi connectivity index (χ1v) is 12.0. The Bertz CT molecular complexity index is 869. The number of halogens is 1. The largest absolute Gasteiger partial charge is 0.379 e. The second-order valence-electron chi connectivity index (χ2n) is 8.14. The van der Waals surface area contributed by atoms with E-state index in [0.29, 0.717) is 24.2 Å². The van der Waals surface area contributed by atoms with Crippen molar-refractivity contribution in [3.63, 3.8) is 0 Å². The zero-order valence-corrected chi connectivity index (χ0v) is 18.8. The second kappa shape index (κ2) is 10.6. The van der Waals surface area contributed by atoms with Crippen LogP contribution in [-0.2, 0) is 16.1 Å². The van der Waals surface area contributed by atoms with Gasteiger partial charge in [-0.2, -0.15) is 0 Å². The van der Waals surface area contributed by atoms with Gasteiger partial charge in [0.05, 0.1) is 19.0 Å². The summed E-state index contributed by atoms with van der Waals surface area (Å²) in [6, 6.07) is 6.62. The highest BCUT2D eigenvalue weighted by molar-refractivity contribution is 7.99. The van der Waals surface area contributed by atoms with E-state index in [4.69, 9.17) is 4.74 Å². The fourth-order valence-electron chi connectivity index (χ4n) is 4.15. The summed E-state index contributed by atoms with van der Waals surface area (Å²) in [4.78, 5) is 17.1. The number of morpholine rings is 1. The minimum absolute atomic E-state index is 0.156. The Morgan fingerprint density at radius 1 is 1.13 bits per heavy atom. The molecule has 0 N–H and O–H groups in total. The topological polar surface area (TPSA) is 63.5 Å². The van der Waals surface area contributed by atoms with Gasteiger partial charge in [-0.25, -0.2) is 4.39 Å². The zero-order chi connectivity index (χ0) is 21.6. The maximum Gasteiger partial charge on any atom is 0.233 e. The van der Waals surface area contributed by atoms with Crippen LogP contribution in [-0.4, -0.2) is 81.7 Å². The number of ether oxygens (including phenoxy) is 1. The van der Waals surface area contributed by atoms with Crippen molar-refractivity contribution in [2.75, 3.05) is 45.1 Å². The van der Waals surface area contributed by atoms with Crippen LogP contribution in [0.3, 0.4) is 0 Å². The average molecular weight is 448 g/mol. The highest BCUT2D eigenvalue weighted by Gasteiger charge is 2.24. The van der Waals surface area contributed by atoms with Crippen LogP contribution in [0, 0.1) is 5.82 Å². The highest BCUT2D eigenvalue weighted by Crippen LogP contribution is 2.26. The van der Waals surface area contributed by atoms with Gasteiger partial charge in [0.25, 0.3) is 0 Å². The summed E-state index contributed by atoms with van der Waals surface area (Å²) in [7, 11) is 0. The van der Waals surface area contributed by atoms with Crippen LogP contribution < -0.4 is 0 Å². The standard InChI is InChI=1S/C22H30FN5O2S/c1-17-4-2-3-9-27(17)20(29)16-31-22-25-24-21(18-5-7-19(23)8-6-18)28(22)11-10-26-12-14-30-15-13-26/h5-8,17H,2-4,9-16H2,1H3. The zero-order valence-electron chi connectivity index (χ0n) is 18.0. The molecule has 2 aliphatic heterocycles. The molecule has 7 nitrogen and oxygen atoms in total. The van der Waals surface area contributed by atoms with Gasteiger partial charge in [0, 0.05) is 44.3 Å². The fraction of sp³-hybridized carbons (Fsp3) is 0.591. The molecule has 0 aliphatic carbocycles. The number of hydrogen-bond acceptors (Lipinski definition) is 6. The van der Waals surface area contributed by atoms with Gasteiger partial charge in [-0.15, -0.1) is 10.2 Å². The van der Waals surface area contributed by atoms with E-state index < -0.39 is 0 Å². The summed E-state index contributed by atoms with van der Waals surface area (Å²) in [5.74, 6) is 0.931. The summed E-state index contributed by atoms with van der Waals surface area (Å²) < 4.78 is 20.9. The maximum absolute atomic E-state index is 13.4. The van der Waals surface area contributed by atoms with Crippen molar-refractivity contribution in [3.8, 4) is 11.4 Å². The van der Waals surface area contributed by atoms with Gasteiger partial charge in [-0.05, 0) is 50.5 Å². The predicted molar refractivity (Wildman–Crippen MR) is 118 cm³/mol. The first-order chi connectivity index (χ1) is 15.1. The molecule has 3 heterocycles. The van der Waals surface area contributed by atoms with Crippen LogP contribution in [0.25, 0.3) is 11.4 Å². The Hall–Kier alpha value is -1.97. The molecule has 168 valence electrons. The number of nitrogens with zero attached hydrogens (tertiary/aromatic N) is 5. The molecule has 1 aromatic carbocycles. The fourth-order valence-corrected chi connectivity index (χ4v) is 5.00. The molecular weight excluding hydrogens is 417 g/mol. The Morgan fingerprint density at radius 3 is 2.65 bits per heavy atom. The third-order valence-corrected chi connectivity index (χ3v) is 6.96. The molecule has 0 saturated carbocycles. The van der Waals surface area contributed by atoms with Crippen molar-refractivity contribution in [2.24, 2.45) is 0 Å². The monoisotopic (exact) mass is 447 g/mol. The summed E-state index contributed by atoms with van der Waals surface area (Å²) in [5.41, 5.74) is 0.818. The van der Waals surface area contributed by atoms with Crippen molar-refractivity contribution in [1.29, 1.82) is 0 Å². The van der Waals surface area contributed by atoms with Crippen molar-refractivity contribution < 1.29 is 13.9 Å². The van der Waals surface area contributed by atoms with Gasteiger partial charge in [0.2, 0.25) is 5.91 Å². The number of rotatable bonds is 7. The van der Waals surface area contributed by atoms with Crippen LogP contribution in [0.4, 0.5) is 4.39 Å². The summed E-state index contributed by atoms with van der Waals surface area (Å²) in [6.07, 6.45) is 3.33. The molecular formula is C22H30FN5O2S. The van der Waals surface area contributed by atoms with Crippen LogP contribution in [0.2, 0.25) is 0 Å². The average Bonchev–Trinajstić information content (AvgIpc) is 3.20. The van der Waals surface area contributed by atoms with Crippen molar-refractivity contribution in [1.82, 2.24) is 24.6 Å². The van der Waals surface area contributed by atoms with E-state index in [1.807, 2.05) is 4.90 Å². The molecule has 1 atom stereocenters. The number of carbonyl (C=O) groups excluding carboxylic acids is 1. The number of hydrogen-bond donors (Lipinski definition) is 0. The number of carbonyl (C=O) groups is 1. The van der Waals surface area contributed by atoms with Crippen LogP contribution in [0.5, 0.6) is 0 Å². The normalized spacial score (nSPS) is 20.2. The minimum atomic E-state index is -0.279. The predicted octanol–water partition coefficient (Wildman–Crippen LogP) is 2.91. The lowest BCUT2D eigenvalue weighted by molar-refractivity contribution is -0.131. The second-order valence-corrected chi connectivity index (χ2v) is 9.08. The highest BCUT2D eigenvalue weighted by atomic mass is 32.2. The molecule has 2 fully saturated rings. The van der Waals surface area contributed by atoms with Crippen molar-refractivity contribution in [2.45, 2.75) is 43.9 Å². The van der Waals surface area contributed by atoms with E-state index in [-0.39, 0.29) is 11.7 Å². The number of amides is 1. The Balaban J connectivity index is 1.48. The lowest BCUT2D eigenvalue weighted by Crippen LogP contribution is -2.43. The molecule has 1 aromatic heterocycles. The smallest absolute Gasteiger partial charge is 0.233 e. The summed E-state index contributed by atoms with van der Waals surface area (Å²) in [5, 5.41) is 9.50. The van der Waals surface area contributed by atoms with E-state index in [1.165, 1.54) is 30.3 Å². The molecule has 1 amide bonds. The Morgan fingerprint density at radius 2 is 1.90 bits per heavy atom. The lowest BCUT2D eigenvalue weighted by Gasteiger charge is -2.33. The van der Waals surface area contributed by atoms with Crippen LogP contribution in [0.15, 0.2) is 29.4 Å². The molecule has 9 heteroatoms. The van der Waals surface area contributed by atoms with E-state index in [2.05, 4.69) is 26.6 Å². The van der Waals surface area contributed by atoms with Gasteiger partial charge >= 0.3 is 0 Å². The number of benzene rings is 1. The van der Waals surface area contributed by atoms with Crippen LogP contribution in [0.1, 0.15) is 26.2 Å². The number of thioether (sulfide) groups is 1. The molecule has 0 bridgehead atoms. The van der Waals surface area contributed by atoms with Gasteiger partial charge in [0.15, 0.2) is 11.0 Å². The quantitative estimate of drug-likeness (QED) is 0.608. The molecule has 4 rings (SSSR count). The summed E-state index contributed by atoms with van der Waals surface area (Å²) >= 11 is 1.44. The van der Waals surface area contributed by atoms with Gasteiger partial charge in [-0.3, -0.25) is 9.69 Å². The molecule has 2 aliphatic rings. The first-order valence-electron chi connectivity index (χ1n) is 11.0. The Labute approximate surface area is 186 Å². The molecule has 2 saturated heterocycles. The van der Waals surface area contributed by atoms with E-state index in [9.17, 15) is 9.18 Å². The number of likely N-dealkylation sites (tertiary alicyclic amines) is 1. The maximum atomic E-state index is 13.4. The molecule has 1 unspecified atom stereocenters. The van der Waals surface area contributed by atoms with E-state index in [0.717, 1.165) is 63.0 Å².